The molecule has 1 aromatic carbocycles. The van der Waals surface area contributed by atoms with Crippen molar-refractivity contribution in [3.05, 3.63) is 28.8 Å². The number of amides is 1. The first-order valence-electron chi connectivity index (χ1n) is 6.42. The van der Waals surface area contributed by atoms with E-state index in [1.807, 2.05) is 13.8 Å². The minimum atomic E-state index is -0.156. The highest BCUT2D eigenvalue weighted by Gasteiger charge is 2.10. The summed E-state index contributed by atoms with van der Waals surface area (Å²) in [6, 6.07) is 5.16. The quantitative estimate of drug-likeness (QED) is 0.809. The highest BCUT2D eigenvalue weighted by atomic mass is 35.5. The summed E-state index contributed by atoms with van der Waals surface area (Å²) in [4.78, 5) is 11.7. The minimum absolute atomic E-state index is 0.0608. The lowest BCUT2D eigenvalue weighted by molar-refractivity contribution is -0.123. The van der Waals surface area contributed by atoms with Crippen LogP contribution in [-0.4, -0.2) is 23.7 Å². The minimum Gasteiger partial charge on any atom is -0.482 e. The first kappa shape index (κ1) is 15.8. The smallest absolute Gasteiger partial charge is 0.258 e. The summed E-state index contributed by atoms with van der Waals surface area (Å²) in [5.74, 6) is 0.287. The van der Waals surface area contributed by atoms with Crippen LogP contribution in [0.15, 0.2) is 18.2 Å². The van der Waals surface area contributed by atoms with Crippen LogP contribution < -0.4 is 10.1 Å². The van der Waals surface area contributed by atoms with E-state index in [-0.39, 0.29) is 25.2 Å². The summed E-state index contributed by atoms with van der Waals surface area (Å²) in [5.41, 5.74) is 0.707. The van der Waals surface area contributed by atoms with E-state index < -0.39 is 0 Å². The van der Waals surface area contributed by atoms with Crippen LogP contribution in [0.5, 0.6) is 5.75 Å². The Morgan fingerprint density at radius 1 is 1.42 bits per heavy atom. The molecule has 0 saturated carbocycles. The van der Waals surface area contributed by atoms with E-state index >= 15 is 0 Å². The number of benzene rings is 1. The summed E-state index contributed by atoms with van der Waals surface area (Å²) < 4.78 is 5.36. The third-order valence-electron chi connectivity index (χ3n) is 2.89. The monoisotopic (exact) mass is 285 g/mol. The number of hydrogen-bond donors (Lipinski definition) is 2. The van der Waals surface area contributed by atoms with Gasteiger partial charge in [-0.15, -0.1) is 0 Å². The molecule has 0 aromatic heterocycles. The van der Waals surface area contributed by atoms with Gasteiger partial charge in [0.15, 0.2) is 6.61 Å². The maximum Gasteiger partial charge on any atom is 0.258 e. The molecule has 5 heteroatoms. The van der Waals surface area contributed by atoms with Gasteiger partial charge in [0.1, 0.15) is 5.75 Å². The Morgan fingerprint density at radius 2 is 2.11 bits per heavy atom. The van der Waals surface area contributed by atoms with Crippen molar-refractivity contribution >= 4 is 17.5 Å². The van der Waals surface area contributed by atoms with Crippen molar-refractivity contribution in [2.75, 3.05) is 6.61 Å². The molecule has 106 valence electrons. The molecule has 0 fully saturated rings. The van der Waals surface area contributed by atoms with Crippen molar-refractivity contribution in [1.29, 1.82) is 0 Å². The predicted molar refractivity (Wildman–Crippen MR) is 75.4 cm³/mol. The van der Waals surface area contributed by atoms with Gasteiger partial charge in [0, 0.05) is 6.04 Å². The molecule has 2 N–H and O–H groups in total. The molecule has 1 rings (SSSR count). The Kier molecular flexibility index (Phi) is 6.67. The number of carbonyl (C=O) groups is 1. The SMILES string of the molecule is CCC(CC)NC(=O)COc1ccc(CO)cc1Cl. The van der Waals surface area contributed by atoms with Crippen molar-refractivity contribution in [1.82, 2.24) is 5.32 Å². The van der Waals surface area contributed by atoms with Crippen molar-refractivity contribution in [3.63, 3.8) is 0 Å². The van der Waals surface area contributed by atoms with Crippen LogP contribution in [0.3, 0.4) is 0 Å². The second kappa shape index (κ2) is 8.02. The number of hydrogen-bond acceptors (Lipinski definition) is 3. The average molecular weight is 286 g/mol. The van der Waals surface area contributed by atoms with Crippen molar-refractivity contribution in [3.8, 4) is 5.75 Å². The number of aliphatic hydroxyl groups is 1. The van der Waals surface area contributed by atoms with Gasteiger partial charge in [0.2, 0.25) is 0 Å². The highest BCUT2D eigenvalue weighted by molar-refractivity contribution is 6.32. The Morgan fingerprint density at radius 3 is 2.63 bits per heavy atom. The number of nitrogens with one attached hydrogen (secondary N) is 1. The van der Waals surface area contributed by atoms with Crippen LogP contribution in [0.25, 0.3) is 0 Å². The molecule has 0 unspecified atom stereocenters. The second-order valence-corrected chi connectivity index (χ2v) is 4.70. The molecule has 0 aliphatic carbocycles. The number of halogens is 1. The van der Waals surface area contributed by atoms with Gasteiger partial charge in [0.05, 0.1) is 11.6 Å². The van der Waals surface area contributed by atoms with Gasteiger partial charge in [-0.2, -0.15) is 0 Å². The van der Waals surface area contributed by atoms with Gasteiger partial charge in [-0.05, 0) is 30.5 Å². The van der Waals surface area contributed by atoms with Gasteiger partial charge in [0.25, 0.3) is 5.91 Å². The van der Waals surface area contributed by atoms with Crippen molar-refractivity contribution in [2.45, 2.75) is 39.3 Å². The number of carbonyl (C=O) groups excluding carboxylic acids is 1. The Bertz CT molecular complexity index is 419. The molecule has 0 aliphatic rings. The fourth-order valence-corrected chi connectivity index (χ4v) is 1.92. The molecule has 1 aromatic rings. The van der Waals surface area contributed by atoms with E-state index in [1.54, 1.807) is 18.2 Å². The number of rotatable bonds is 7. The molecule has 4 nitrogen and oxygen atoms in total. The predicted octanol–water partition coefficient (Wildman–Crippen LogP) is 2.52. The topological polar surface area (TPSA) is 58.6 Å². The summed E-state index contributed by atoms with van der Waals surface area (Å²) in [6.45, 7) is 3.92. The summed E-state index contributed by atoms with van der Waals surface area (Å²) in [5, 5.41) is 12.2. The lowest BCUT2D eigenvalue weighted by Crippen LogP contribution is -2.37. The molecule has 1 amide bonds. The summed E-state index contributed by atoms with van der Waals surface area (Å²) in [6.07, 6.45) is 1.79. The Balaban J connectivity index is 2.50. The molecule has 0 spiro atoms. The van der Waals surface area contributed by atoms with E-state index in [0.717, 1.165) is 12.8 Å². The third-order valence-corrected chi connectivity index (χ3v) is 3.18. The summed E-state index contributed by atoms with van der Waals surface area (Å²) >= 11 is 5.98. The third kappa shape index (κ3) is 5.09. The summed E-state index contributed by atoms with van der Waals surface area (Å²) in [7, 11) is 0. The van der Waals surface area contributed by atoms with E-state index in [2.05, 4.69) is 5.32 Å². The molecular weight excluding hydrogens is 266 g/mol. The largest absolute Gasteiger partial charge is 0.482 e. The van der Waals surface area contributed by atoms with E-state index in [4.69, 9.17) is 21.4 Å². The molecule has 0 saturated heterocycles. The normalized spacial score (nSPS) is 10.6. The zero-order chi connectivity index (χ0) is 14.3. The molecule has 0 bridgehead atoms. The van der Waals surface area contributed by atoms with Gasteiger partial charge < -0.3 is 15.2 Å². The fraction of sp³-hybridized carbons (Fsp3) is 0.500. The van der Waals surface area contributed by atoms with E-state index in [1.165, 1.54) is 0 Å². The van der Waals surface area contributed by atoms with Gasteiger partial charge >= 0.3 is 0 Å². The molecular formula is C14H20ClNO3. The number of ether oxygens (including phenoxy) is 1. The number of aliphatic hydroxyl groups excluding tert-OH is 1. The van der Waals surface area contributed by atoms with Crippen molar-refractivity contribution < 1.29 is 14.6 Å². The van der Waals surface area contributed by atoms with E-state index in [0.29, 0.717) is 16.3 Å². The fourth-order valence-electron chi connectivity index (χ4n) is 1.67. The maximum absolute atomic E-state index is 11.7. The van der Waals surface area contributed by atoms with Gasteiger partial charge in [-0.25, -0.2) is 0 Å². The molecule has 0 aliphatic heterocycles. The maximum atomic E-state index is 11.7. The van der Waals surface area contributed by atoms with Crippen LogP contribution in [0.1, 0.15) is 32.3 Å². The van der Waals surface area contributed by atoms with Crippen LogP contribution in [0, 0.1) is 0 Å². The van der Waals surface area contributed by atoms with Crippen LogP contribution in [0.4, 0.5) is 0 Å². The first-order chi connectivity index (χ1) is 9.10. The van der Waals surface area contributed by atoms with Gasteiger partial charge in [-0.3, -0.25) is 4.79 Å². The van der Waals surface area contributed by atoms with E-state index in [9.17, 15) is 4.79 Å². The molecule has 0 atom stereocenters. The lowest BCUT2D eigenvalue weighted by atomic mass is 10.2. The van der Waals surface area contributed by atoms with Crippen molar-refractivity contribution in [2.24, 2.45) is 0 Å². The van der Waals surface area contributed by atoms with Gasteiger partial charge in [-0.1, -0.05) is 31.5 Å². The highest BCUT2D eigenvalue weighted by Crippen LogP contribution is 2.25. The molecule has 19 heavy (non-hydrogen) atoms. The second-order valence-electron chi connectivity index (χ2n) is 4.29. The molecule has 0 radical (unpaired) electrons. The Labute approximate surface area is 118 Å². The van der Waals surface area contributed by atoms with Crippen LogP contribution in [-0.2, 0) is 11.4 Å². The first-order valence-corrected chi connectivity index (χ1v) is 6.79. The lowest BCUT2D eigenvalue weighted by Gasteiger charge is -2.15. The average Bonchev–Trinajstić information content (AvgIpc) is 2.43. The molecule has 0 heterocycles. The zero-order valence-corrected chi connectivity index (χ0v) is 12.0. The standard InChI is InChI=1S/C14H20ClNO3/c1-3-11(4-2)16-14(18)9-19-13-6-5-10(8-17)7-12(13)15/h5-7,11,17H,3-4,8-9H2,1-2H3,(H,16,18). The zero-order valence-electron chi connectivity index (χ0n) is 11.3. The Hall–Kier alpha value is -1.26. The van der Waals surface area contributed by atoms with Crippen LogP contribution in [0.2, 0.25) is 5.02 Å². The van der Waals surface area contributed by atoms with Crippen LogP contribution >= 0.6 is 11.6 Å².